The summed E-state index contributed by atoms with van der Waals surface area (Å²) in [6.45, 7) is 7.26. The van der Waals surface area contributed by atoms with E-state index in [1.807, 2.05) is 12.1 Å². The first kappa shape index (κ1) is 17.6. The molecule has 0 amide bonds. The molecule has 6 nitrogen and oxygen atoms in total. The van der Waals surface area contributed by atoms with Crippen LogP contribution < -0.4 is 10.2 Å². The lowest BCUT2D eigenvalue weighted by molar-refractivity contribution is 0.527. The van der Waals surface area contributed by atoms with Gasteiger partial charge in [-0.3, -0.25) is 0 Å². The number of hydrogen-bond donors (Lipinski definition) is 1. The molecule has 0 aliphatic carbocycles. The summed E-state index contributed by atoms with van der Waals surface area (Å²) in [5.74, 6) is 0.403. The van der Waals surface area contributed by atoms with Crippen molar-refractivity contribution < 1.29 is 8.78 Å². The van der Waals surface area contributed by atoms with E-state index >= 15 is 0 Å². The zero-order chi connectivity index (χ0) is 19.2. The van der Waals surface area contributed by atoms with Crippen molar-refractivity contribution >= 4 is 17.2 Å². The zero-order valence-corrected chi connectivity index (χ0v) is 15.6. The third-order valence-corrected chi connectivity index (χ3v) is 4.73. The topological polar surface area (TPSA) is 58.4 Å². The maximum Gasteiger partial charge on any atom is 0.178 e. The Labute approximate surface area is 156 Å². The van der Waals surface area contributed by atoms with Crippen LogP contribution in [0.15, 0.2) is 30.3 Å². The number of fused-ring (bicyclic) bond motifs is 1. The van der Waals surface area contributed by atoms with Gasteiger partial charge in [0.15, 0.2) is 11.5 Å². The smallest absolute Gasteiger partial charge is 0.178 e. The summed E-state index contributed by atoms with van der Waals surface area (Å²) >= 11 is 0. The Bertz CT molecular complexity index is 958. The van der Waals surface area contributed by atoms with Crippen molar-refractivity contribution in [2.75, 3.05) is 23.3 Å². The molecule has 1 aliphatic heterocycles. The Morgan fingerprint density at radius 1 is 1.07 bits per heavy atom. The molecule has 1 saturated heterocycles. The third-order valence-electron chi connectivity index (χ3n) is 4.73. The fourth-order valence-corrected chi connectivity index (χ4v) is 3.42. The Hall–Kier alpha value is -2.77. The summed E-state index contributed by atoms with van der Waals surface area (Å²) in [6.07, 6.45) is 0.766. The van der Waals surface area contributed by atoms with E-state index in [-0.39, 0.29) is 17.1 Å². The normalized spacial score (nSPS) is 17.7. The molecular formula is C19H22F2N6. The van der Waals surface area contributed by atoms with E-state index in [0.29, 0.717) is 24.6 Å². The first-order valence-corrected chi connectivity index (χ1v) is 9.01. The Morgan fingerprint density at radius 3 is 2.52 bits per heavy atom. The van der Waals surface area contributed by atoms with Gasteiger partial charge in [-0.05, 0) is 30.7 Å². The molecule has 1 atom stereocenters. The Kier molecular flexibility index (Phi) is 4.20. The highest BCUT2D eigenvalue weighted by molar-refractivity contribution is 5.52. The minimum atomic E-state index is -0.533. The average Bonchev–Trinajstić information content (AvgIpc) is 3.21. The van der Waals surface area contributed by atoms with E-state index in [2.05, 4.69) is 41.4 Å². The van der Waals surface area contributed by atoms with Crippen molar-refractivity contribution in [3.8, 4) is 0 Å². The molecule has 1 fully saturated rings. The maximum absolute atomic E-state index is 14.0. The molecule has 0 saturated carbocycles. The van der Waals surface area contributed by atoms with Crippen molar-refractivity contribution in [1.82, 2.24) is 19.8 Å². The Morgan fingerprint density at radius 2 is 1.81 bits per heavy atom. The largest absolute Gasteiger partial charge is 0.365 e. The number of benzene rings is 1. The van der Waals surface area contributed by atoms with Crippen LogP contribution in [-0.4, -0.2) is 38.9 Å². The number of hydrogen-bond acceptors (Lipinski definition) is 5. The third kappa shape index (κ3) is 3.31. The number of halogens is 2. The van der Waals surface area contributed by atoms with Crippen molar-refractivity contribution in [2.45, 2.75) is 38.6 Å². The van der Waals surface area contributed by atoms with Gasteiger partial charge in [-0.1, -0.05) is 26.8 Å². The van der Waals surface area contributed by atoms with Gasteiger partial charge in [0.1, 0.15) is 23.1 Å². The van der Waals surface area contributed by atoms with Crippen molar-refractivity contribution in [1.29, 1.82) is 0 Å². The van der Waals surface area contributed by atoms with E-state index < -0.39 is 11.6 Å². The number of aromatic nitrogens is 4. The molecular weight excluding hydrogens is 350 g/mol. The minimum Gasteiger partial charge on any atom is -0.365 e. The molecule has 1 aromatic carbocycles. The molecule has 0 spiro atoms. The van der Waals surface area contributed by atoms with Gasteiger partial charge >= 0.3 is 0 Å². The molecule has 2 aromatic heterocycles. The van der Waals surface area contributed by atoms with Crippen LogP contribution >= 0.6 is 0 Å². The quantitative estimate of drug-likeness (QED) is 0.764. The van der Waals surface area contributed by atoms with Crippen LogP contribution in [0.3, 0.4) is 0 Å². The Balaban J connectivity index is 1.53. The van der Waals surface area contributed by atoms with Crippen molar-refractivity contribution in [3.05, 3.63) is 47.8 Å². The molecule has 3 aromatic rings. The molecule has 0 bridgehead atoms. The van der Waals surface area contributed by atoms with Crippen LogP contribution in [0, 0.1) is 11.6 Å². The van der Waals surface area contributed by atoms with Crippen LogP contribution in [0.5, 0.6) is 0 Å². The first-order chi connectivity index (χ1) is 12.8. The lowest BCUT2D eigenvalue weighted by atomic mass is 9.96. The van der Waals surface area contributed by atoms with Gasteiger partial charge < -0.3 is 10.2 Å². The molecule has 8 heteroatoms. The number of para-hydroxylation sites is 1. The van der Waals surface area contributed by atoms with Gasteiger partial charge in [0, 0.05) is 24.5 Å². The lowest BCUT2D eigenvalue weighted by Crippen LogP contribution is -2.28. The fourth-order valence-electron chi connectivity index (χ4n) is 3.42. The van der Waals surface area contributed by atoms with E-state index in [9.17, 15) is 8.78 Å². The second kappa shape index (κ2) is 6.44. The molecule has 27 heavy (non-hydrogen) atoms. The summed E-state index contributed by atoms with van der Waals surface area (Å²) in [5, 5.41) is 16.4. The monoisotopic (exact) mass is 372 g/mol. The van der Waals surface area contributed by atoms with Crippen LogP contribution in [0.4, 0.5) is 20.3 Å². The average molecular weight is 372 g/mol. The highest BCUT2D eigenvalue weighted by Gasteiger charge is 2.27. The van der Waals surface area contributed by atoms with Gasteiger partial charge in [0.25, 0.3) is 0 Å². The standard InChI is InChI=1S/C19H22F2N6/c1-19(2,3)18-24-23-16-8-7-15(25-27(16)18)22-12-9-10-26(11-12)17-13(20)5-4-6-14(17)21/h4-8,12H,9-11H2,1-3H3,(H,22,25). The second-order valence-corrected chi connectivity index (χ2v) is 7.91. The summed E-state index contributed by atoms with van der Waals surface area (Å²) in [6, 6.07) is 7.71. The molecule has 1 N–H and O–H groups in total. The van der Waals surface area contributed by atoms with E-state index in [1.165, 1.54) is 18.2 Å². The summed E-state index contributed by atoms with van der Waals surface area (Å²) in [5.41, 5.74) is 0.545. The summed E-state index contributed by atoms with van der Waals surface area (Å²) in [4.78, 5) is 1.74. The van der Waals surface area contributed by atoms with Gasteiger partial charge in [-0.25, -0.2) is 8.78 Å². The van der Waals surface area contributed by atoms with Gasteiger partial charge in [0.05, 0.1) is 0 Å². The van der Waals surface area contributed by atoms with Crippen molar-refractivity contribution in [3.63, 3.8) is 0 Å². The fraction of sp³-hybridized carbons (Fsp3) is 0.421. The van der Waals surface area contributed by atoms with Crippen LogP contribution in [0.2, 0.25) is 0 Å². The van der Waals surface area contributed by atoms with Crippen LogP contribution in [-0.2, 0) is 5.41 Å². The van der Waals surface area contributed by atoms with Crippen LogP contribution in [0.25, 0.3) is 5.65 Å². The van der Waals surface area contributed by atoms with Gasteiger partial charge in [-0.15, -0.1) is 15.3 Å². The molecule has 4 rings (SSSR count). The second-order valence-electron chi connectivity index (χ2n) is 7.91. The highest BCUT2D eigenvalue weighted by Crippen LogP contribution is 2.28. The van der Waals surface area contributed by atoms with Gasteiger partial charge in [0.2, 0.25) is 0 Å². The number of anilines is 2. The predicted molar refractivity (Wildman–Crippen MR) is 100 cm³/mol. The predicted octanol–water partition coefficient (Wildman–Crippen LogP) is 3.39. The minimum absolute atomic E-state index is 0.0408. The summed E-state index contributed by atoms with van der Waals surface area (Å²) < 4.78 is 29.8. The van der Waals surface area contributed by atoms with E-state index in [0.717, 1.165) is 12.2 Å². The van der Waals surface area contributed by atoms with Crippen LogP contribution in [0.1, 0.15) is 33.0 Å². The molecule has 1 unspecified atom stereocenters. The van der Waals surface area contributed by atoms with E-state index in [4.69, 9.17) is 0 Å². The molecule has 0 radical (unpaired) electrons. The number of nitrogens with zero attached hydrogens (tertiary/aromatic N) is 5. The van der Waals surface area contributed by atoms with E-state index in [1.54, 1.807) is 9.42 Å². The summed E-state index contributed by atoms with van der Waals surface area (Å²) in [7, 11) is 0. The number of nitrogens with one attached hydrogen (secondary N) is 1. The molecule has 142 valence electrons. The highest BCUT2D eigenvalue weighted by atomic mass is 19.1. The zero-order valence-electron chi connectivity index (χ0n) is 15.6. The first-order valence-electron chi connectivity index (χ1n) is 9.01. The number of rotatable bonds is 3. The maximum atomic E-state index is 14.0. The SMILES string of the molecule is CC(C)(C)c1nnc2ccc(NC3CCN(c4c(F)cccc4F)C3)nn12. The molecule has 1 aliphatic rings. The van der Waals surface area contributed by atoms with Crippen molar-refractivity contribution in [2.24, 2.45) is 0 Å². The molecule has 3 heterocycles. The van der Waals surface area contributed by atoms with Gasteiger partial charge in [-0.2, -0.15) is 4.52 Å². The lowest BCUT2D eigenvalue weighted by Gasteiger charge is -2.20.